The Morgan fingerprint density at radius 3 is 2.62 bits per heavy atom. The number of hydrogen-bond acceptors (Lipinski definition) is 5. The fourth-order valence-electron chi connectivity index (χ4n) is 3.14. The first-order valence-electron chi connectivity index (χ1n) is 9.61. The van der Waals surface area contributed by atoms with Crippen LogP contribution in [-0.2, 0) is 17.8 Å². The van der Waals surface area contributed by atoms with Gasteiger partial charge in [-0.2, -0.15) is 10.4 Å². The molecule has 2 heterocycles. The third-order valence-electron chi connectivity index (χ3n) is 4.97. The Morgan fingerprint density at radius 2 is 1.97 bits per heavy atom. The highest BCUT2D eigenvalue weighted by atomic mass is 16.1. The maximum Gasteiger partial charge on any atom is 0.230 e. The van der Waals surface area contributed by atoms with Crippen LogP contribution in [0.1, 0.15) is 29.5 Å². The molecule has 146 valence electrons. The topological polar surface area (TPSA) is 86.8 Å². The van der Waals surface area contributed by atoms with E-state index in [2.05, 4.69) is 33.4 Å². The number of carbonyl (C=O) groups is 1. The van der Waals surface area contributed by atoms with Gasteiger partial charge in [-0.25, -0.2) is 4.98 Å². The number of nitrogens with zero attached hydrogens (tertiary/aromatic N) is 5. The van der Waals surface area contributed by atoms with Crippen molar-refractivity contribution in [3.8, 4) is 6.07 Å². The van der Waals surface area contributed by atoms with E-state index in [-0.39, 0.29) is 12.3 Å². The van der Waals surface area contributed by atoms with Crippen molar-refractivity contribution in [1.82, 2.24) is 14.8 Å². The fourth-order valence-corrected chi connectivity index (χ4v) is 3.14. The van der Waals surface area contributed by atoms with Gasteiger partial charge in [-0.1, -0.05) is 18.2 Å². The van der Waals surface area contributed by atoms with E-state index in [0.29, 0.717) is 24.0 Å². The van der Waals surface area contributed by atoms with Crippen LogP contribution in [0.25, 0.3) is 0 Å². The van der Waals surface area contributed by atoms with Crippen molar-refractivity contribution in [2.24, 2.45) is 0 Å². The fraction of sp³-hybridized carbons (Fsp3) is 0.273. The van der Waals surface area contributed by atoms with Crippen molar-refractivity contribution in [2.75, 3.05) is 17.3 Å². The number of aromatic nitrogens is 3. The minimum absolute atomic E-state index is 0.126. The summed E-state index contributed by atoms with van der Waals surface area (Å²) in [6.45, 7) is 0.571. The van der Waals surface area contributed by atoms with Gasteiger partial charge in [0.25, 0.3) is 0 Å². The van der Waals surface area contributed by atoms with Gasteiger partial charge < -0.3 is 10.2 Å². The molecule has 0 aliphatic heterocycles. The molecule has 4 rings (SSSR count). The first-order valence-corrected chi connectivity index (χ1v) is 9.61. The number of hydrogen-bond donors (Lipinski definition) is 1. The molecule has 1 saturated carbocycles. The van der Waals surface area contributed by atoms with Crippen LogP contribution in [0.15, 0.2) is 54.9 Å². The molecule has 0 saturated heterocycles. The summed E-state index contributed by atoms with van der Waals surface area (Å²) in [5, 5.41) is 16.1. The monoisotopic (exact) mass is 386 g/mol. The van der Waals surface area contributed by atoms with Crippen LogP contribution in [0, 0.1) is 11.3 Å². The lowest BCUT2D eigenvalue weighted by molar-refractivity contribution is -0.115. The number of amides is 1. The summed E-state index contributed by atoms with van der Waals surface area (Å²) >= 11 is 0. The smallest absolute Gasteiger partial charge is 0.230 e. The molecule has 29 heavy (non-hydrogen) atoms. The van der Waals surface area contributed by atoms with E-state index in [0.717, 1.165) is 16.9 Å². The standard InChI is InChI=1S/C22H22N6O/c1-27(19-7-8-19)21-9-6-18(14-24-21)12-22(29)25-20-10-11-28(26-20)15-17-4-2-16(13-23)3-5-17/h2-6,9-11,14,19H,7-8,12,15H2,1H3,(H,25,26,29). The van der Waals surface area contributed by atoms with E-state index < -0.39 is 0 Å². The highest BCUT2D eigenvalue weighted by Gasteiger charge is 2.26. The zero-order chi connectivity index (χ0) is 20.2. The Hall–Kier alpha value is -3.66. The van der Waals surface area contributed by atoms with Crippen LogP contribution in [0.5, 0.6) is 0 Å². The van der Waals surface area contributed by atoms with Crippen molar-refractivity contribution < 1.29 is 4.79 Å². The van der Waals surface area contributed by atoms with Gasteiger partial charge in [-0.05, 0) is 42.2 Å². The molecule has 3 aromatic rings. The quantitative estimate of drug-likeness (QED) is 0.675. The summed E-state index contributed by atoms with van der Waals surface area (Å²) in [5.41, 5.74) is 2.53. The van der Waals surface area contributed by atoms with Crippen molar-refractivity contribution in [2.45, 2.75) is 31.8 Å². The molecule has 1 amide bonds. The van der Waals surface area contributed by atoms with E-state index >= 15 is 0 Å². The molecule has 1 aromatic carbocycles. The molecule has 1 aliphatic rings. The van der Waals surface area contributed by atoms with Crippen LogP contribution in [0.4, 0.5) is 11.6 Å². The molecule has 1 aliphatic carbocycles. The molecule has 2 aromatic heterocycles. The first-order chi connectivity index (χ1) is 14.1. The summed E-state index contributed by atoms with van der Waals surface area (Å²) in [5.74, 6) is 1.33. The Balaban J connectivity index is 1.31. The summed E-state index contributed by atoms with van der Waals surface area (Å²) in [7, 11) is 2.06. The molecule has 7 heteroatoms. The van der Waals surface area contributed by atoms with Gasteiger partial charge in [0.2, 0.25) is 5.91 Å². The summed E-state index contributed by atoms with van der Waals surface area (Å²) in [6.07, 6.45) is 6.28. The van der Waals surface area contributed by atoms with E-state index in [4.69, 9.17) is 5.26 Å². The number of rotatable bonds is 7. The minimum atomic E-state index is -0.126. The number of anilines is 2. The second-order valence-electron chi connectivity index (χ2n) is 7.30. The van der Waals surface area contributed by atoms with Crippen LogP contribution >= 0.6 is 0 Å². The van der Waals surface area contributed by atoms with Gasteiger partial charge in [0, 0.05) is 31.5 Å². The number of pyridine rings is 1. The van der Waals surface area contributed by atoms with E-state index in [9.17, 15) is 4.79 Å². The summed E-state index contributed by atoms with van der Waals surface area (Å²) in [4.78, 5) is 19.0. The molecule has 0 bridgehead atoms. The maximum absolute atomic E-state index is 12.3. The minimum Gasteiger partial charge on any atom is -0.357 e. The Labute approximate surface area is 169 Å². The molecule has 0 atom stereocenters. The van der Waals surface area contributed by atoms with Gasteiger partial charge in [0.15, 0.2) is 5.82 Å². The lowest BCUT2D eigenvalue weighted by Gasteiger charge is -2.17. The van der Waals surface area contributed by atoms with Crippen molar-refractivity contribution in [3.63, 3.8) is 0 Å². The molecular formula is C22H22N6O. The number of benzene rings is 1. The second kappa shape index (κ2) is 8.15. The first kappa shape index (κ1) is 18.7. The third-order valence-corrected chi connectivity index (χ3v) is 4.97. The predicted molar refractivity (Wildman–Crippen MR) is 110 cm³/mol. The zero-order valence-electron chi connectivity index (χ0n) is 16.2. The van der Waals surface area contributed by atoms with Gasteiger partial charge in [0.1, 0.15) is 5.82 Å². The van der Waals surface area contributed by atoms with Crippen LogP contribution in [0.2, 0.25) is 0 Å². The van der Waals surface area contributed by atoms with Crippen molar-refractivity contribution in [1.29, 1.82) is 5.26 Å². The number of carbonyl (C=O) groups excluding carboxylic acids is 1. The van der Waals surface area contributed by atoms with Gasteiger partial charge in [-0.3, -0.25) is 9.48 Å². The predicted octanol–water partition coefficient (Wildman–Crippen LogP) is 2.98. The molecule has 0 unspecified atom stereocenters. The lowest BCUT2D eigenvalue weighted by Crippen LogP contribution is -2.20. The average molecular weight is 386 g/mol. The summed E-state index contributed by atoms with van der Waals surface area (Å²) < 4.78 is 1.75. The van der Waals surface area contributed by atoms with E-state index in [1.54, 1.807) is 29.1 Å². The number of nitrogens with one attached hydrogen (secondary N) is 1. The Bertz CT molecular complexity index is 1030. The van der Waals surface area contributed by atoms with E-state index in [1.807, 2.05) is 30.5 Å². The molecule has 1 N–H and O–H groups in total. The van der Waals surface area contributed by atoms with Crippen molar-refractivity contribution >= 4 is 17.5 Å². The SMILES string of the molecule is CN(c1ccc(CC(=O)Nc2ccn(Cc3ccc(C#N)cc3)n2)cn1)C1CC1. The maximum atomic E-state index is 12.3. The average Bonchev–Trinajstić information content (AvgIpc) is 3.50. The molecule has 0 spiro atoms. The van der Waals surface area contributed by atoms with E-state index in [1.165, 1.54) is 12.8 Å². The molecule has 1 fully saturated rings. The molecule has 0 radical (unpaired) electrons. The van der Waals surface area contributed by atoms with Gasteiger partial charge in [0.05, 0.1) is 24.6 Å². The Kier molecular flexibility index (Phi) is 5.25. The highest BCUT2D eigenvalue weighted by molar-refractivity contribution is 5.91. The summed E-state index contributed by atoms with van der Waals surface area (Å²) in [6, 6.07) is 15.8. The normalized spacial score (nSPS) is 13.0. The van der Waals surface area contributed by atoms with Crippen LogP contribution < -0.4 is 10.2 Å². The molecular weight excluding hydrogens is 364 g/mol. The van der Waals surface area contributed by atoms with Crippen molar-refractivity contribution in [3.05, 3.63) is 71.5 Å². The van der Waals surface area contributed by atoms with Crippen LogP contribution in [0.3, 0.4) is 0 Å². The third kappa shape index (κ3) is 4.79. The number of nitriles is 1. The second-order valence-corrected chi connectivity index (χ2v) is 7.30. The molecule has 7 nitrogen and oxygen atoms in total. The largest absolute Gasteiger partial charge is 0.357 e. The van der Waals surface area contributed by atoms with Gasteiger partial charge in [-0.15, -0.1) is 0 Å². The zero-order valence-corrected chi connectivity index (χ0v) is 16.2. The van der Waals surface area contributed by atoms with Crippen LogP contribution in [-0.4, -0.2) is 33.8 Å². The Morgan fingerprint density at radius 1 is 1.21 bits per heavy atom. The lowest BCUT2D eigenvalue weighted by atomic mass is 10.1. The highest BCUT2D eigenvalue weighted by Crippen LogP contribution is 2.28. The van der Waals surface area contributed by atoms with Gasteiger partial charge >= 0.3 is 0 Å².